The van der Waals surface area contributed by atoms with Gasteiger partial charge in [-0.1, -0.05) is 5.16 Å². The Morgan fingerprint density at radius 1 is 1.67 bits per heavy atom. The van der Waals surface area contributed by atoms with Gasteiger partial charge in [0.1, 0.15) is 18.2 Å². The molecule has 12 heavy (non-hydrogen) atoms. The molecular weight excluding hydrogens is 156 g/mol. The van der Waals surface area contributed by atoms with Crippen molar-refractivity contribution in [3.63, 3.8) is 0 Å². The maximum absolute atomic E-state index is 8.43. The molecule has 0 saturated heterocycles. The first kappa shape index (κ1) is 8.01. The molecule has 0 aliphatic rings. The van der Waals surface area contributed by atoms with Crippen LogP contribution in [-0.2, 0) is 0 Å². The van der Waals surface area contributed by atoms with Crippen LogP contribution < -0.4 is 5.32 Å². The van der Waals surface area contributed by atoms with Crippen molar-refractivity contribution in [2.24, 2.45) is 5.16 Å². The van der Waals surface area contributed by atoms with E-state index in [-0.39, 0.29) is 0 Å². The Kier molecular flexibility index (Phi) is 2.62. The fraction of sp³-hybridized carbons (Fsp3) is 0. The molecule has 1 aromatic rings. The molecule has 1 heterocycles. The number of pyridine rings is 1. The number of rotatable bonds is 2. The molecule has 2 N–H and O–H groups in total. The van der Waals surface area contributed by atoms with E-state index in [0.717, 1.165) is 6.34 Å². The van der Waals surface area contributed by atoms with Gasteiger partial charge in [0, 0.05) is 6.20 Å². The predicted octanol–water partition coefficient (Wildman–Crippen LogP) is 0.783. The number of hydrogen-bond donors (Lipinski definition) is 2. The van der Waals surface area contributed by atoms with E-state index in [2.05, 4.69) is 15.5 Å². The number of aromatic nitrogens is 1. The third-order valence-electron chi connectivity index (χ3n) is 1.16. The van der Waals surface area contributed by atoms with Crippen LogP contribution in [0.25, 0.3) is 0 Å². The maximum atomic E-state index is 8.43. The Morgan fingerprint density at radius 3 is 3.00 bits per heavy atom. The summed E-state index contributed by atoms with van der Waals surface area (Å²) in [5.74, 6) is 0.520. The number of nitrogens with zero attached hydrogens (tertiary/aromatic N) is 3. The van der Waals surface area contributed by atoms with Crippen LogP contribution in [0.1, 0.15) is 5.56 Å². The highest BCUT2D eigenvalue weighted by atomic mass is 16.4. The fourth-order valence-corrected chi connectivity index (χ4v) is 0.640. The van der Waals surface area contributed by atoms with Crippen LogP contribution in [0.5, 0.6) is 0 Å². The van der Waals surface area contributed by atoms with Gasteiger partial charge in [0.15, 0.2) is 0 Å². The topological polar surface area (TPSA) is 81.3 Å². The van der Waals surface area contributed by atoms with Gasteiger partial charge < -0.3 is 10.5 Å². The molecule has 0 unspecified atom stereocenters. The van der Waals surface area contributed by atoms with Gasteiger partial charge in [0.2, 0.25) is 0 Å². The van der Waals surface area contributed by atoms with Gasteiger partial charge in [-0.3, -0.25) is 0 Å². The van der Waals surface area contributed by atoms with E-state index in [4.69, 9.17) is 10.5 Å². The summed E-state index contributed by atoms with van der Waals surface area (Å²) < 4.78 is 0. The van der Waals surface area contributed by atoms with E-state index >= 15 is 0 Å². The van der Waals surface area contributed by atoms with Crippen LogP contribution in [0.2, 0.25) is 0 Å². The Hall–Kier alpha value is -2.09. The molecule has 1 rings (SSSR count). The lowest BCUT2D eigenvalue weighted by molar-refractivity contribution is 0.321. The van der Waals surface area contributed by atoms with E-state index in [0.29, 0.717) is 11.4 Å². The number of nitrogens with one attached hydrogen (secondary N) is 1. The van der Waals surface area contributed by atoms with Crippen molar-refractivity contribution in [2.45, 2.75) is 0 Å². The highest BCUT2D eigenvalue weighted by Crippen LogP contribution is 2.01. The Morgan fingerprint density at radius 2 is 2.50 bits per heavy atom. The summed E-state index contributed by atoms with van der Waals surface area (Å²) in [4.78, 5) is 3.85. The van der Waals surface area contributed by atoms with Crippen LogP contribution in [0.15, 0.2) is 23.5 Å². The molecule has 5 nitrogen and oxygen atoms in total. The van der Waals surface area contributed by atoms with Gasteiger partial charge in [0.25, 0.3) is 0 Å². The Labute approximate surface area is 69.0 Å². The molecule has 0 fully saturated rings. The third kappa shape index (κ3) is 1.95. The Bertz CT molecular complexity index is 311. The predicted molar refractivity (Wildman–Crippen MR) is 42.9 cm³/mol. The number of oxime groups is 1. The minimum Gasteiger partial charge on any atom is -0.410 e. The minimum absolute atomic E-state index is 0.487. The van der Waals surface area contributed by atoms with Crippen molar-refractivity contribution in [1.82, 2.24) is 4.98 Å². The zero-order valence-corrected chi connectivity index (χ0v) is 6.10. The lowest BCUT2D eigenvalue weighted by Crippen LogP contribution is -1.96. The van der Waals surface area contributed by atoms with Crippen molar-refractivity contribution >= 4 is 12.2 Å². The minimum atomic E-state index is 0.487. The maximum Gasteiger partial charge on any atom is 0.133 e. The first-order chi connectivity index (χ1) is 5.86. The van der Waals surface area contributed by atoms with Crippen molar-refractivity contribution in [3.8, 4) is 6.07 Å². The number of anilines is 1. The van der Waals surface area contributed by atoms with E-state index < -0.39 is 0 Å². The summed E-state index contributed by atoms with van der Waals surface area (Å²) in [5, 5.41) is 21.8. The van der Waals surface area contributed by atoms with Crippen molar-refractivity contribution < 1.29 is 5.21 Å². The van der Waals surface area contributed by atoms with Crippen molar-refractivity contribution in [3.05, 3.63) is 23.9 Å². The molecule has 0 atom stereocenters. The molecule has 1 aromatic heterocycles. The van der Waals surface area contributed by atoms with E-state index in [1.807, 2.05) is 6.07 Å². The van der Waals surface area contributed by atoms with E-state index in [1.54, 1.807) is 12.1 Å². The molecule has 0 amide bonds. The molecule has 0 aliphatic carbocycles. The second-order valence-electron chi connectivity index (χ2n) is 1.93. The number of nitriles is 1. The quantitative estimate of drug-likeness (QED) is 0.291. The van der Waals surface area contributed by atoms with Crippen LogP contribution in [0.4, 0.5) is 5.82 Å². The summed E-state index contributed by atoms with van der Waals surface area (Å²) >= 11 is 0. The monoisotopic (exact) mass is 162 g/mol. The highest BCUT2D eigenvalue weighted by molar-refractivity contribution is 5.72. The van der Waals surface area contributed by atoms with Crippen LogP contribution in [0, 0.1) is 11.3 Å². The van der Waals surface area contributed by atoms with Gasteiger partial charge in [-0.2, -0.15) is 5.26 Å². The van der Waals surface area contributed by atoms with Gasteiger partial charge >= 0.3 is 0 Å². The van der Waals surface area contributed by atoms with E-state index in [1.165, 1.54) is 6.20 Å². The molecule has 0 spiro atoms. The SMILES string of the molecule is N#Cc1ccc(NC=NO)nc1. The molecular formula is C7H6N4O. The van der Waals surface area contributed by atoms with Gasteiger partial charge in [-0.05, 0) is 12.1 Å². The summed E-state index contributed by atoms with van der Waals surface area (Å²) in [7, 11) is 0. The molecule has 0 aromatic carbocycles. The Balaban J connectivity index is 2.73. The average molecular weight is 162 g/mol. The second-order valence-corrected chi connectivity index (χ2v) is 1.93. The third-order valence-corrected chi connectivity index (χ3v) is 1.16. The van der Waals surface area contributed by atoms with E-state index in [9.17, 15) is 0 Å². The van der Waals surface area contributed by atoms with Gasteiger partial charge in [-0.15, -0.1) is 0 Å². The van der Waals surface area contributed by atoms with Crippen LogP contribution in [-0.4, -0.2) is 16.5 Å². The molecule has 0 aliphatic heterocycles. The molecule has 5 heteroatoms. The smallest absolute Gasteiger partial charge is 0.133 e. The first-order valence-corrected chi connectivity index (χ1v) is 3.15. The van der Waals surface area contributed by atoms with Crippen molar-refractivity contribution in [1.29, 1.82) is 5.26 Å². The normalized spacial score (nSPS) is 9.58. The summed E-state index contributed by atoms with van der Waals surface area (Å²) in [6, 6.07) is 5.16. The second kappa shape index (κ2) is 3.93. The first-order valence-electron chi connectivity index (χ1n) is 3.15. The number of hydrogen-bond acceptors (Lipinski definition) is 4. The zero-order valence-electron chi connectivity index (χ0n) is 6.10. The highest BCUT2D eigenvalue weighted by Gasteiger charge is 1.91. The molecule has 0 saturated carbocycles. The summed E-state index contributed by atoms with van der Waals surface area (Å²) in [5.41, 5.74) is 0.487. The molecule has 0 radical (unpaired) electrons. The molecule has 60 valence electrons. The average Bonchev–Trinajstić information content (AvgIpc) is 2.15. The van der Waals surface area contributed by atoms with Crippen LogP contribution in [0.3, 0.4) is 0 Å². The van der Waals surface area contributed by atoms with Crippen molar-refractivity contribution in [2.75, 3.05) is 5.32 Å². The van der Waals surface area contributed by atoms with Gasteiger partial charge in [0.05, 0.1) is 5.56 Å². The molecule has 0 bridgehead atoms. The fourth-order valence-electron chi connectivity index (χ4n) is 0.640. The largest absolute Gasteiger partial charge is 0.410 e. The lowest BCUT2D eigenvalue weighted by Gasteiger charge is -1.95. The summed E-state index contributed by atoms with van der Waals surface area (Å²) in [6.07, 6.45) is 2.52. The van der Waals surface area contributed by atoms with Gasteiger partial charge in [-0.25, -0.2) is 4.98 Å². The van der Waals surface area contributed by atoms with Crippen LogP contribution >= 0.6 is 0 Å². The summed E-state index contributed by atoms with van der Waals surface area (Å²) in [6.45, 7) is 0. The lowest BCUT2D eigenvalue weighted by atomic mass is 10.3. The standard InChI is InChI=1S/C7H6N4O/c8-3-6-1-2-7(9-4-6)10-5-11-12/h1-2,4-5,12H,(H,9,10,11). The zero-order chi connectivity index (χ0) is 8.81.